The molecule has 0 saturated carbocycles. The van der Waals surface area contributed by atoms with Crippen LogP contribution in [-0.4, -0.2) is 25.7 Å². The van der Waals surface area contributed by atoms with Crippen LogP contribution in [-0.2, 0) is 0 Å². The van der Waals surface area contributed by atoms with Gasteiger partial charge in [0, 0.05) is 12.1 Å². The zero-order valence-electron chi connectivity index (χ0n) is 6.69. The zero-order valence-corrected chi connectivity index (χ0v) is 8.28. The number of fused-ring (bicyclic) bond motifs is 1. The molecule has 0 atom stereocenters. The summed E-state index contributed by atoms with van der Waals surface area (Å²) in [6.07, 6.45) is 0. The smallest absolute Gasteiger partial charge is 0.354 e. The van der Waals surface area contributed by atoms with Gasteiger partial charge < -0.3 is 5.11 Å². The molecule has 6 nitrogen and oxygen atoms in total. The number of nitrogens with zero attached hydrogens (tertiary/aromatic N) is 2. The molecular formula is C7H4BrN3O3. The molecule has 0 bridgehead atoms. The summed E-state index contributed by atoms with van der Waals surface area (Å²) in [5.41, 5.74) is -0.457. The Balaban J connectivity index is 2.84. The van der Waals surface area contributed by atoms with E-state index in [4.69, 9.17) is 5.11 Å². The second-order valence-electron chi connectivity index (χ2n) is 2.58. The Morgan fingerprint density at radius 3 is 2.93 bits per heavy atom. The van der Waals surface area contributed by atoms with Crippen LogP contribution in [0.3, 0.4) is 0 Å². The highest BCUT2D eigenvalue weighted by atomic mass is 79.9. The van der Waals surface area contributed by atoms with Crippen LogP contribution in [0.15, 0.2) is 21.5 Å². The number of carboxylic acid groups (broad SMARTS) is 1. The average Bonchev–Trinajstić information content (AvgIpc) is 2.45. The minimum Gasteiger partial charge on any atom is -0.477 e. The van der Waals surface area contributed by atoms with Crippen LogP contribution in [0.2, 0.25) is 0 Å². The van der Waals surface area contributed by atoms with Crippen LogP contribution in [0.5, 0.6) is 0 Å². The summed E-state index contributed by atoms with van der Waals surface area (Å²) in [7, 11) is 0. The van der Waals surface area contributed by atoms with Crippen molar-refractivity contribution in [3.63, 3.8) is 0 Å². The number of halogens is 1. The molecule has 0 amide bonds. The third-order valence-corrected chi connectivity index (χ3v) is 2.04. The first kappa shape index (κ1) is 8.95. The van der Waals surface area contributed by atoms with Crippen molar-refractivity contribution in [3.8, 4) is 0 Å². The number of carbonyl (C=O) groups is 1. The number of rotatable bonds is 1. The van der Waals surface area contributed by atoms with E-state index in [0.29, 0.717) is 4.60 Å². The van der Waals surface area contributed by atoms with Gasteiger partial charge in [0.15, 0.2) is 11.3 Å². The predicted molar refractivity (Wildman–Crippen MR) is 50.5 cm³/mol. The van der Waals surface area contributed by atoms with Crippen LogP contribution >= 0.6 is 15.9 Å². The lowest BCUT2D eigenvalue weighted by atomic mass is 10.4. The van der Waals surface area contributed by atoms with Gasteiger partial charge >= 0.3 is 5.97 Å². The lowest BCUT2D eigenvalue weighted by molar-refractivity contribution is 0.0690. The molecule has 2 heterocycles. The summed E-state index contributed by atoms with van der Waals surface area (Å²) in [5, 5.41) is 11.3. The number of carboxylic acids is 1. The van der Waals surface area contributed by atoms with Gasteiger partial charge in [-0.25, -0.2) is 14.3 Å². The fraction of sp³-hybridized carbons (Fsp3) is 0. The largest absolute Gasteiger partial charge is 0.477 e. The van der Waals surface area contributed by atoms with Crippen molar-refractivity contribution >= 4 is 27.5 Å². The molecule has 2 rings (SSSR count). The molecule has 0 unspecified atom stereocenters. The van der Waals surface area contributed by atoms with Crippen molar-refractivity contribution < 1.29 is 9.90 Å². The summed E-state index contributed by atoms with van der Waals surface area (Å²) in [6, 6.07) is 2.48. The molecule has 72 valence electrons. The maximum absolute atomic E-state index is 11.3. The Morgan fingerprint density at radius 2 is 2.29 bits per heavy atom. The Bertz CT molecular complexity index is 571. The van der Waals surface area contributed by atoms with Gasteiger partial charge in [-0.2, -0.15) is 0 Å². The summed E-state index contributed by atoms with van der Waals surface area (Å²) in [6.45, 7) is 0. The standard InChI is InChI=1S/C7H4BrN3O3/c8-4-2-5-9-3(7(13)14)1-6(12)11(5)10-4/h1-2,10H,(H,13,14). The van der Waals surface area contributed by atoms with E-state index in [1.54, 1.807) is 0 Å². The molecule has 0 aliphatic carbocycles. The molecular weight excluding hydrogens is 254 g/mol. The molecule has 0 saturated heterocycles. The number of aromatic nitrogens is 3. The maximum Gasteiger partial charge on any atom is 0.354 e. The fourth-order valence-corrected chi connectivity index (χ4v) is 1.45. The van der Waals surface area contributed by atoms with Gasteiger partial charge in [-0.05, 0) is 15.9 Å². The van der Waals surface area contributed by atoms with E-state index in [0.717, 1.165) is 10.6 Å². The molecule has 14 heavy (non-hydrogen) atoms. The van der Waals surface area contributed by atoms with Crippen LogP contribution in [0.1, 0.15) is 10.5 Å². The number of H-pyrrole nitrogens is 1. The molecule has 0 aromatic carbocycles. The van der Waals surface area contributed by atoms with Gasteiger partial charge in [-0.15, -0.1) is 0 Å². The van der Waals surface area contributed by atoms with Gasteiger partial charge in [0.1, 0.15) is 4.60 Å². The van der Waals surface area contributed by atoms with Crippen molar-refractivity contribution in [3.05, 3.63) is 32.8 Å². The molecule has 0 aliphatic heterocycles. The Hall–Kier alpha value is -1.63. The highest BCUT2D eigenvalue weighted by Crippen LogP contribution is 2.08. The molecule has 0 aliphatic rings. The molecule has 0 radical (unpaired) electrons. The van der Waals surface area contributed by atoms with Gasteiger partial charge in [0.05, 0.1) is 0 Å². The lowest BCUT2D eigenvalue weighted by Crippen LogP contribution is -2.17. The summed E-state index contributed by atoms with van der Waals surface area (Å²) in [5.74, 6) is -1.22. The third-order valence-electron chi connectivity index (χ3n) is 1.64. The normalized spacial score (nSPS) is 10.6. The van der Waals surface area contributed by atoms with E-state index in [9.17, 15) is 9.59 Å². The van der Waals surface area contributed by atoms with Gasteiger partial charge in [-0.1, -0.05) is 0 Å². The number of aromatic amines is 1. The zero-order chi connectivity index (χ0) is 10.3. The first-order valence-corrected chi connectivity index (χ1v) is 4.39. The molecule has 2 aromatic heterocycles. The number of hydrogen-bond donors (Lipinski definition) is 2. The average molecular weight is 258 g/mol. The SMILES string of the molecule is O=C(O)c1cc(=O)n2[nH]c(Br)cc2n1. The molecule has 7 heteroatoms. The highest BCUT2D eigenvalue weighted by molar-refractivity contribution is 9.10. The summed E-state index contributed by atoms with van der Waals surface area (Å²) < 4.78 is 1.71. The van der Waals surface area contributed by atoms with Gasteiger partial charge in [0.25, 0.3) is 5.56 Å². The topological polar surface area (TPSA) is 87.5 Å². The van der Waals surface area contributed by atoms with E-state index in [1.165, 1.54) is 6.07 Å². The summed E-state index contributed by atoms with van der Waals surface area (Å²) in [4.78, 5) is 25.7. The second kappa shape index (κ2) is 2.95. The van der Waals surface area contributed by atoms with E-state index < -0.39 is 11.5 Å². The number of aromatic carboxylic acids is 1. The van der Waals surface area contributed by atoms with Gasteiger partial charge in [0.2, 0.25) is 0 Å². The second-order valence-corrected chi connectivity index (χ2v) is 3.44. The van der Waals surface area contributed by atoms with E-state index in [2.05, 4.69) is 26.0 Å². The highest BCUT2D eigenvalue weighted by Gasteiger charge is 2.09. The number of nitrogens with one attached hydrogen (secondary N) is 1. The number of hydrogen-bond acceptors (Lipinski definition) is 3. The third kappa shape index (κ3) is 1.31. The monoisotopic (exact) mass is 257 g/mol. The van der Waals surface area contributed by atoms with Crippen molar-refractivity contribution in [1.82, 2.24) is 14.6 Å². The molecule has 0 fully saturated rings. The Morgan fingerprint density at radius 1 is 1.57 bits per heavy atom. The summed E-state index contributed by atoms with van der Waals surface area (Å²) >= 11 is 3.12. The lowest BCUT2D eigenvalue weighted by Gasteiger charge is -1.93. The van der Waals surface area contributed by atoms with Crippen molar-refractivity contribution in [2.45, 2.75) is 0 Å². The Labute approximate surface area is 85.3 Å². The van der Waals surface area contributed by atoms with Crippen LogP contribution in [0.4, 0.5) is 0 Å². The van der Waals surface area contributed by atoms with Crippen LogP contribution in [0.25, 0.3) is 5.65 Å². The van der Waals surface area contributed by atoms with Gasteiger partial charge in [-0.3, -0.25) is 9.89 Å². The predicted octanol–water partition coefficient (Wildman–Crippen LogP) is 0.483. The quantitative estimate of drug-likeness (QED) is 0.778. The van der Waals surface area contributed by atoms with Crippen molar-refractivity contribution in [1.29, 1.82) is 0 Å². The van der Waals surface area contributed by atoms with E-state index in [-0.39, 0.29) is 11.3 Å². The first-order valence-electron chi connectivity index (χ1n) is 3.59. The maximum atomic E-state index is 11.3. The van der Waals surface area contributed by atoms with E-state index in [1.807, 2.05) is 0 Å². The first-order chi connectivity index (χ1) is 6.58. The van der Waals surface area contributed by atoms with Crippen LogP contribution in [0, 0.1) is 0 Å². The minimum atomic E-state index is -1.22. The fourth-order valence-electron chi connectivity index (χ4n) is 1.07. The molecule has 2 aromatic rings. The Kier molecular flexibility index (Phi) is 1.88. The minimum absolute atomic E-state index is 0.262. The van der Waals surface area contributed by atoms with Crippen molar-refractivity contribution in [2.24, 2.45) is 0 Å². The molecule has 2 N–H and O–H groups in total. The van der Waals surface area contributed by atoms with Crippen molar-refractivity contribution in [2.75, 3.05) is 0 Å². The molecule has 0 spiro atoms. The van der Waals surface area contributed by atoms with E-state index >= 15 is 0 Å². The van der Waals surface area contributed by atoms with Crippen LogP contribution < -0.4 is 5.56 Å².